The quantitative estimate of drug-likeness (QED) is 0.538. The van der Waals surface area contributed by atoms with Crippen molar-refractivity contribution in [3.8, 4) is 11.3 Å². The number of hydrogen-bond donors (Lipinski definition) is 1. The summed E-state index contributed by atoms with van der Waals surface area (Å²) in [5.74, 6) is 1.01. The number of para-hydroxylation sites is 2. The Kier molecular flexibility index (Phi) is 5.29. The van der Waals surface area contributed by atoms with E-state index < -0.39 is 0 Å². The first-order chi connectivity index (χ1) is 14.7. The van der Waals surface area contributed by atoms with Crippen LogP contribution in [0.25, 0.3) is 28.1 Å². The molecule has 6 heteroatoms. The van der Waals surface area contributed by atoms with Gasteiger partial charge in [0.2, 0.25) is 5.78 Å². The van der Waals surface area contributed by atoms with Gasteiger partial charge < -0.3 is 9.67 Å². The molecule has 4 aromatic rings. The number of hydrogen-bond acceptors (Lipinski definition) is 4. The van der Waals surface area contributed by atoms with E-state index >= 15 is 0 Å². The van der Waals surface area contributed by atoms with Gasteiger partial charge in [-0.3, -0.25) is 14.2 Å². The Balaban J connectivity index is 1.46. The topological polar surface area (TPSA) is 48.9 Å². The Bertz CT molecular complexity index is 1140. The molecule has 0 bridgehead atoms. The first-order valence-electron chi connectivity index (χ1n) is 10.8. The normalized spacial score (nSPS) is 16.1. The van der Waals surface area contributed by atoms with Crippen LogP contribution in [0.2, 0.25) is 0 Å². The van der Waals surface area contributed by atoms with Crippen molar-refractivity contribution < 1.29 is 5.11 Å². The lowest BCUT2D eigenvalue weighted by molar-refractivity contribution is 0.110. The molecule has 1 aliphatic rings. The van der Waals surface area contributed by atoms with E-state index in [1.165, 1.54) is 16.8 Å². The molecular weight excluding hydrogens is 374 g/mol. The van der Waals surface area contributed by atoms with Crippen molar-refractivity contribution in [3.05, 3.63) is 60.3 Å². The van der Waals surface area contributed by atoms with E-state index in [0.717, 1.165) is 62.6 Å². The van der Waals surface area contributed by atoms with Crippen LogP contribution in [0, 0.1) is 6.92 Å². The highest BCUT2D eigenvalue weighted by Crippen LogP contribution is 2.27. The van der Waals surface area contributed by atoms with Gasteiger partial charge in [-0.2, -0.15) is 0 Å². The van der Waals surface area contributed by atoms with Gasteiger partial charge in [-0.05, 0) is 24.6 Å². The third-order valence-corrected chi connectivity index (χ3v) is 6.23. The number of benzene rings is 2. The van der Waals surface area contributed by atoms with Crippen LogP contribution in [-0.2, 0) is 6.54 Å². The molecule has 0 atom stereocenters. The molecule has 1 N–H and O–H groups in total. The van der Waals surface area contributed by atoms with Crippen molar-refractivity contribution in [1.82, 2.24) is 23.8 Å². The summed E-state index contributed by atoms with van der Waals surface area (Å²) in [5, 5.41) is 9.16. The lowest BCUT2D eigenvalue weighted by atomic mass is 10.1. The average Bonchev–Trinajstić information content (AvgIpc) is 3.30. The summed E-state index contributed by atoms with van der Waals surface area (Å²) in [5.41, 5.74) is 5.89. The molecule has 0 unspecified atom stereocenters. The molecule has 0 amide bonds. The predicted molar refractivity (Wildman–Crippen MR) is 121 cm³/mol. The van der Waals surface area contributed by atoms with Gasteiger partial charge in [0.15, 0.2) is 0 Å². The zero-order valence-electron chi connectivity index (χ0n) is 17.5. The molecule has 0 radical (unpaired) electrons. The third-order valence-electron chi connectivity index (χ3n) is 6.23. The summed E-state index contributed by atoms with van der Waals surface area (Å²) < 4.78 is 4.59. The molecule has 156 valence electrons. The number of aliphatic hydroxyl groups is 1. The SMILES string of the molecule is Cc1ccc(-c2cn3c4ccccc4nc3n2CCN2CCN(CCO)CC2)cc1. The fourth-order valence-corrected chi connectivity index (χ4v) is 4.44. The Labute approximate surface area is 177 Å². The number of imidazole rings is 2. The van der Waals surface area contributed by atoms with Crippen molar-refractivity contribution in [2.75, 3.05) is 45.9 Å². The van der Waals surface area contributed by atoms with Crippen molar-refractivity contribution in [3.63, 3.8) is 0 Å². The smallest absolute Gasteiger partial charge is 0.215 e. The van der Waals surface area contributed by atoms with Crippen LogP contribution in [0.1, 0.15) is 5.56 Å². The molecule has 2 aromatic carbocycles. The van der Waals surface area contributed by atoms with Crippen molar-refractivity contribution in [2.24, 2.45) is 0 Å². The maximum Gasteiger partial charge on any atom is 0.215 e. The van der Waals surface area contributed by atoms with E-state index in [9.17, 15) is 0 Å². The number of piperazine rings is 1. The fraction of sp³-hybridized carbons (Fsp3) is 0.375. The summed E-state index contributed by atoms with van der Waals surface area (Å²) in [6.07, 6.45) is 2.23. The van der Waals surface area contributed by atoms with E-state index in [1.54, 1.807) is 0 Å². The van der Waals surface area contributed by atoms with Crippen LogP contribution in [0.5, 0.6) is 0 Å². The second-order valence-corrected chi connectivity index (χ2v) is 8.21. The van der Waals surface area contributed by atoms with Crippen molar-refractivity contribution >= 4 is 16.8 Å². The number of fused-ring (bicyclic) bond motifs is 3. The van der Waals surface area contributed by atoms with E-state index in [1.807, 2.05) is 6.07 Å². The molecule has 1 fully saturated rings. The molecule has 0 spiro atoms. The van der Waals surface area contributed by atoms with Gasteiger partial charge in [-0.15, -0.1) is 0 Å². The summed E-state index contributed by atoms with van der Waals surface area (Å²) in [6.45, 7) is 9.21. The number of aliphatic hydroxyl groups excluding tert-OH is 1. The number of nitrogens with zero attached hydrogens (tertiary/aromatic N) is 5. The van der Waals surface area contributed by atoms with E-state index in [2.05, 4.69) is 74.4 Å². The largest absolute Gasteiger partial charge is 0.395 e. The molecule has 2 aromatic heterocycles. The maximum atomic E-state index is 9.16. The van der Waals surface area contributed by atoms with Gasteiger partial charge in [0.25, 0.3) is 0 Å². The minimum Gasteiger partial charge on any atom is -0.395 e. The second kappa shape index (κ2) is 8.22. The Morgan fingerprint density at radius 1 is 0.867 bits per heavy atom. The molecule has 3 heterocycles. The molecule has 1 saturated heterocycles. The number of aromatic nitrogens is 3. The van der Waals surface area contributed by atoms with Gasteiger partial charge in [0, 0.05) is 52.0 Å². The van der Waals surface area contributed by atoms with E-state index in [4.69, 9.17) is 10.1 Å². The summed E-state index contributed by atoms with van der Waals surface area (Å²) in [6, 6.07) is 17.1. The Hall–Kier alpha value is -2.67. The molecule has 0 aliphatic carbocycles. The minimum absolute atomic E-state index is 0.245. The zero-order chi connectivity index (χ0) is 20.5. The molecule has 6 nitrogen and oxygen atoms in total. The third kappa shape index (κ3) is 3.62. The first-order valence-corrected chi connectivity index (χ1v) is 10.8. The summed E-state index contributed by atoms with van der Waals surface area (Å²) in [4.78, 5) is 9.81. The predicted octanol–water partition coefficient (Wildman–Crippen LogP) is 2.87. The van der Waals surface area contributed by atoms with Crippen LogP contribution in [-0.4, -0.2) is 74.7 Å². The fourth-order valence-electron chi connectivity index (χ4n) is 4.44. The summed E-state index contributed by atoms with van der Waals surface area (Å²) >= 11 is 0. The van der Waals surface area contributed by atoms with E-state index in [0.29, 0.717) is 0 Å². The molecule has 1 aliphatic heterocycles. The number of aryl methyl sites for hydroxylation is 1. The Morgan fingerprint density at radius 3 is 2.30 bits per heavy atom. The van der Waals surface area contributed by atoms with Gasteiger partial charge >= 0.3 is 0 Å². The highest BCUT2D eigenvalue weighted by molar-refractivity contribution is 5.81. The Morgan fingerprint density at radius 2 is 1.57 bits per heavy atom. The maximum absolute atomic E-state index is 9.16. The van der Waals surface area contributed by atoms with E-state index in [-0.39, 0.29) is 6.61 Å². The monoisotopic (exact) mass is 403 g/mol. The molecular formula is C24H29N5O. The molecule has 5 rings (SSSR count). The van der Waals surface area contributed by atoms with Gasteiger partial charge in [0.05, 0.1) is 23.3 Å². The average molecular weight is 404 g/mol. The number of rotatable bonds is 6. The summed E-state index contributed by atoms with van der Waals surface area (Å²) in [7, 11) is 0. The minimum atomic E-state index is 0.245. The van der Waals surface area contributed by atoms with Gasteiger partial charge in [-0.25, -0.2) is 4.98 Å². The van der Waals surface area contributed by atoms with Crippen LogP contribution in [0.3, 0.4) is 0 Å². The lowest BCUT2D eigenvalue weighted by Crippen LogP contribution is -2.47. The van der Waals surface area contributed by atoms with Crippen molar-refractivity contribution in [1.29, 1.82) is 0 Å². The van der Waals surface area contributed by atoms with Gasteiger partial charge in [-0.1, -0.05) is 42.0 Å². The molecule has 30 heavy (non-hydrogen) atoms. The zero-order valence-corrected chi connectivity index (χ0v) is 17.5. The molecule has 0 saturated carbocycles. The highest BCUT2D eigenvalue weighted by Gasteiger charge is 2.19. The van der Waals surface area contributed by atoms with Crippen molar-refractivity contribution in [2.45, 2.75) is 13.5 Å². The standard InChI is InChI=1S/C24H29N5O/c1-19-6-8-20(9-7-19)23-18-29-22-5-3-2-4-21(22)25-24(29)28(23)15-14-26-10-12-27(13-11-26)16-17-30/h2-9,18,30H,10-17H2,1H3. The second-order valence-electron chi connectivity index (χ2n) is 8.21. The number of β-amino-alcohol motifs (C(OH)–C–C–N with tert-alkyl or cyclic N) is 1. The lowest BCUT2D eigenvalue weighted by Gasteiger charge is -2.34. The first kappa shape index (κ1) is 19.3. The van der Waals surface area contributed by atoms with Crippen LogP contribution in [0.15, 0.2) is 54.7 Å². The van der Waals surface area contributed by atoms with Crippen LogP contribution < -0.4 is 0 Å². The van der Waals surface area contributed by atoms with Crippen LogP contribution in [0.4, 0.5) is 0 Å². The van der Waals surface area contributed by atoms with Crippen LogP contribution >= 0.6 is 0 Å². The highest BCUT2D eigenvalue weighted by atomic mass is 16.3. The van der Waals surface area contributed by atoms with Gasteiger partial charge in [0.1, 0.15) is 0 Å².